The molecule has 1 aliphatic rings. The molecule has 1 aliphatic carbocycles. The first-order valence-corrected chi connectivity index (χ1v) is 17.0. The van der Waals surface area contributed by atoms with Gasteiger partial charge < -0.3 is 9.32 Å². The van der Waals surface area contributed by atoms with Crippen molar-refractivity contribution in [2.45, 2.75) is 19.3 Å². The average molecular weight is 628 g/mol. The molecule has 0 aliphatic heterocycles. The van der Waals surface area contributed by atoms with Crippen LogP contribution in [-0.4, -0.2) is 0 Å². The Bertz CT molecular complexity index is 2770. The third kappa shape index (κ3) is 4.20. The fraction of sp³-hybridized carbons (Fsp3) is 0.0638. The minimum Gasteiger partial charge on any atom is -0.456 e. The van der Waals surface area contributed by atoms with Crippen LogP contribution in [0.3, 0.4) is 0 Å². The van der Waals surface area contributed by atoms with Crippen molar-refractivity contribution in [3.05, 3.63) is 175 Å². The van der Waals surface area contributed by atoms with Gasteiger partial charge in [-0.3, -0.25) is 0 Å². The number of rotatable bonds is 4. The molecule has 1 aromatic heterocycles. The lowest BCUT2D eigenvalue weighted by Crippen LogP contribution is -2.16. The lowest BCUT2D eigenvalue weighted by Gasteiger charge is -2.30. The zero-order chi connectivity index (χ0) is 32.7. The zero-order valence-electron chi connectivity index (χ0n) is 27.4. The van der Waals surface area contributed by atoms with Gasteiger partial charge in [0.25, 0.3) is 0 Å². The molecule has 49 heavy (non-hydrogen) atoms. The quantitative estimate of drug-likeness (QED) is 0.193. The van der Waals surface area contributed by atoms with Gasteiger partial charge in [0.05, 0.1) is 11.4 Å². The lowest BCUT2D eigenvalue weighted by atomic mass is 9.82. The molecule has 0 bridgehead atoms. The third-order valence-corrected chi connectivity index (χ3v) is 10.6. The summed E-state index contributed by atoms with van der Waals surface area (Å²) in [5.41, 5.74) is 12.8. The second kappa shape index (κ2) is 10.4. The van der Waals surface area contributed by atoms with E-state index in [1.54, 1.807) is 0 Å². The number of furan rings is 1. The van der Waals surface area contributed by atoms with Crippen LogP contribution in [0.25, 0.3) is 65.7 Å². The van der Waals surface area contributed by atoms with Crippen molar-refractivity contribution < 1.29 is 4.42 Å². The summed E-state index contributed by atoms with van der Waals surface area (Å²) in [5, 5.41) is 7.08. The van der Waals surface area contributed by atoms with Crippen molar-refractivity contribution in [1.82, 2.24) is 0 Å². The molecule has 0 spiro atoms. The number of para-hydroxylation sites is 1. The Hall–Kier alpha value is -6.12. The summed E-state index contributed by atoms with van der Waals surface area (Å²) >= 11 is 0. The van der Waals surface area contributed by atoms with Crippen molar-refractivity contribution in [3.8, 4) is 22.3 Å². The Morgan fingerprint density at radius 1 is 0.449 bits per heavy atom. The van der Waals surface area contributed by atoms with Gasteiger partial charge in [0.15, 0.2) is 0 Å². The third-order valence-electron chi connectivity index (χ3n) is 10.6. The monoisotopic (exact) mass is 627 g/mol. The summed E-state index contributed by atoms with van der Waals surface area (Å²) in [5.74, 6) is 0. The highest BCUT2D eigenvalue weighted by molar-refractivity contribution is 6.13. The number of hydrogen-bond acceptors (Lipinski definition) is 2. The maximum atomic E-state index is 6.33. The van der Waals surface area contributed by atoms with E-state index in [2.05, 4.69) is 176 Å². The van der Waals surface area contributed by atoms with Crippen molar-refractivity contribution in [2.75, 3.05) is 4.90 Å². The molecule has 2 nitrogen and oxygen atoms in total. The first kappa shape index (κ1) is 27.9. The molecule has 0 saturated carbocycles. The fourth-order valence-corrected chi connectivity index (χ4v) is 8.20. The van der Waals surface area contributed by atoms with Crippen molar-refractivity contribution >= 4 is 60.5 Å². The van der Waals surface area contributed by atoms with E-state index in [0.29, 0.717) is 0 Å². The van der Waals surface area contributed by atoms with Crippen LogP contribution in [0.15, 0.2) is 168 Å². The average Bonchev–Trinajstić information content (AvgIpc) is 3.62. The highest BCUT2D eigenvalue weighted by atomic mass is 16.3. The van der Waals surface area contributed by atoms with E-state index in [1.807, 2.05) is 6.07 Å². The lowest BCUT2D eigenvalue weighted by molar-refractivity contribution is 0.660. The van der Waals surface area contributed by atoms with E-state index >= 15 is 0 Å². The van der Waals surface area contributed by atoms with Crippen LogP contribution in [0.5, 0.6) is 0 Å². The smallest absolute Gasteiger partial charge is 0.136 e. The number of nitrogens with zero attached hydrogens (tertiary/aromatic N) is 1. The van der Waals surface area contributed by atoms with Crippen LogP contribution in [0, 0.1) is 0 Å². The van der Waals surface area contributed by atoms with Gasteiger partial charge in [-0.25, -0.2) is 0 Å². The van der Waals surface area contributed by atoms with Crippen LogP contribution < -0.4 is 4.90 Å². The summed E-state index contributed by atoms with van der Waals surface area (Å²) in [4.78, 5) is 2.48. The molecule has 0 unspecified atom stereocenters. The molecule has 9 aromatic rings. The summed E-state index contributed by atoms with van der Waals surface area (Å²) < 4.78 is 6.33. The normalized spacial score (nSPS) is 13.3. The second-order valence-corrected chi connectivity index (χ2v) is 13.8. The Morgan fingerprint density at radius 2 is 1.16 bits per heavy atom. The molecule has 1 heterocycles. The van der Waals surface area contributed by atoms with E-state index < -0.39 is 0 Å². The summed E-state index contributed by atoms with van der Waals surface area (Å²) in [7, 11) is 0. The van der Waals surface area contributed by atoms with Gasteiger partial charge >= 0.3 is 0 Å². The summed E-state index contributed by atoms with van der Waals surface area (Å²) in [6.45, 7) is 4.70. The van der Waals surface area contributed by atoms with Gasteiger partial charge in [-0.15, -0.1) is 0 Å². The van der Waals surface area contributed by atoms with Gasteiger partial charge in [0.1, 0.15) is 11.2 Å². The number of fused-ring (bicyclic) bond motifs is 8. The van der Waals surface area contributed by atoms with Crippen LogP contribution in [-0.2, 0) is 5.41 Å². The molecule has 0 saturated heterocycles. The minimum atomic E-state index is -0.110. The van der Waals surface area contributed by atoms with Gasteiger partial charge in [-0.1, -0.05) is 129 Å². The molecule has 10 rings (SSSR count). The molecular formula is C47H33NO. The molecule has 0 N–H and O–H groups in total. The van der Waals surface area contributed by atoms with Crippen LogP contribution >= 0.6 is 0 Å². The predicted octanol–water partition coefficient (Wildman–Crippen LogP) is 13.3. The molecular weight excluding hydrogens is 595 g/mol. The van der Waals surface area contributed by atoms with Crippen molar-refractivity contribution in [1.29, 1.82) is 0 Å². The standard InChI is InChI=1S/C47H33NO/c1-47(2)40-19-7-5-18-37(40)46-41(47)20-11-22-43(46)48(35-16-9-14-32(27-35)33-25-24-30-12-3-4-13-31(30)26-33)42-21-10-15-34-28-45-39(29-38(34)42)36-17-6-8-23-44(36)49-45/h3-29H,1-2H3. The number of hydrogen-bond donors (Lipinski definition) is 0. The van der Waals surface area contributed by atoms with Gasteiger partial charge in [-0.05, 0) is 92.5 Å². The Morgan fingerprint density at radius 3 is 2.10 bits per heavy atom. The first-order chi connectivity index (χ1) is 24.0. The van der Waals surface area contributed by atoms with E-state index in [-0.39, 0.29) is 5.41 Å². The summed E-state index contributed by atoms with van der Waals surface area (Å²) in [6.07, 6.45) is 0. The summed E-state index contributed by atoms with van der Waals surface area (Å²) in [6, 6.07) is 59.6. The first-order valence-electron chi connectivity index (χ1n) is 17.0. The van der Waals surface area contributed by atoms with E-state index in [9.17, 15) is 0 Å². The largest absolute Gasteiger partial charge is 0.456 e. The Labute approximate surface area is 285 Å². The van der Waals surface area contributed by atoms with E-state index in [1.165, 1.54) is 55.2 Å². The predicted molar refractivity (Wildman–Crippen MR) is 206 cm³/mol. The molecule has 8 aromatic carbocycles. The minimum absolute atomic E-state index is 0.110. The molecule has 232 valence electrons. The van der Waals surface area contributed by atoms with Gasteiger partial charge in [0.2, 0.25) is 0 Å². The zero-order valence-corrected chi connectivity index (χ0v) is 27.4. The molecule has 2 heteroatoms. The topological polar surface area (TPSA) is 16.4 Å². The maximum absolute atomic E-state index is 6.33. The second-order valence-electron chi connectivity index (χ2n) is 13.8. The van der Waals surface area contributed by atoms with Crippen molar-refractivity contribution in [3.63, 3.8) is 0 Å². The molecule has 0 fully saturated rings. The van der Waals surface area contributed by atoms with Gasteiger partial charge in [-0.2, -0.15) is 0 Å². The van der Waals surface area contributed by atoms with E-state index in [4.69, 9.17) is 4.42 Å². The highest BCUT2D eigenvalue weighted by Crippen LogP contribution is 2.55. The van der Waals surface area contributed by atoms with Crippen LogP contribution in [0.4, 0.5) is 17.1 Å². The highest BCUT2D eigenvalue weighted by Gasteiger charge is 2.37. The maximum Gasteiger partial charge on any atom is 0.136 e. The van der Waals surface area contributed by atoms with Crippen molar-refractivity contribution in [2.24, 2.45) is 0 Å². The van der Waals surface area contributed by atoms with Crippen LogP contribution in [0.1, 0.15) is 25.0 Å². The van der Waals surface area contributed by atoms with Crippen LogP contribution in [0.2, 0.25) is 0 Å². The Balaban J connectivity index is 1.26. The van der Waals surface area contributed by atoms with Gasteiger partial charge in [0, 0.05) is 32.8 Å². The van der Waals surface area contributed by atoms with E-state index in [0.717, 1.165) is 38.7 Å². The molecule has 0 amide bonds. The SMILES string of the molecule is CC1(C)c2ccccc2-c2c(N(c3cccc(-c4ccc5ccccc5c4)c3)c3cccc4cc5oc6ccccc6c5cc34)cccc21. The fourth-order valence-electron chi connectivity index (χ4n) is 8.20. The molecule has 0 atom stereocenters. The number of benzene rings is 8. The number of anilines is 3. The molecule has 0 radical (unpaired) electrons. The Kier molecular flexibility index (Phi) is 5.95.